The number of pyridine rings is 1. The second kappa shape index (κ2) is 7.70. The van der Waals surface area contributed by atoms with Crippen molar-refractivity contribution < 1.29 is 11.7 Å². The van der Waals surface area contributed by atoms with Gasteiger partial charge in [-0.05, 0) is 47.5 Å². The summed E-state index contributed by atoms with van der Waals surface area (Å²) in [5.74, 6) is -0.0852. The minimum absolute atomic E-state index is 0.0852. The van der Waals surface area contributed by atoms with Crippen molar-refractivity contribution in [3.8, 4) is 22.4 Å². The van der Waals surface area contributed by atoms with Gasteiger partial charge in [-0.15, -0.1) is 0 Å². The number of furan rings is 1. The lowest BCUT2D eigenvalue weighted by Gasteiger charge is -2.09. The zero-order valence-electron chi connectivity index (χ0n) is 20.4. The third-order valence-corrected chi connectivity index (χ3v) is 5.83. The molecule has 154 valence electrons. The maximum Gasteiger partial charge on any atom is 0.216 e. The Morgan fingerprint density at radius 2 is 1.68 bits per heavy atom. The third kappa shape index (κ3) is 3.53. The lowest BCUT2D eigenvalue weighted by molar-refractivity contribution is -0.660. The fourth-order valence-electron chi connectivity index (χ4n) is 4.30. The van der Waals surface area contributed by atoms with Crippen LogP contribution in [0.4, 0.5) is 0 Å². The molecule has 0 bridgehead atoms. The van der Waals surface area contributed by atoms with Gasteiger partial charge in [0.2, 0.25) is 5.69 Å². The molecule has 0 amide bonds. The molecule has 0 atom stereocenters. The molecule has 0 aliphatic heterocycles. The normalized spacial score (nSPS) is 13.1. The van der Waals surface area contributed by atoms with Crippen LogP contribution in [-0.4, -0.2) is 0 Å². The standard InChI is InChI=1S/C29H28NO/c1-19(2)17-21-10-12-22(13-11-21)23-15-16-30(4)26(18-23)28-20(3)9-14-25-24-7-5-6-8-27(24)31-29(25)28/h5-16,18-19H,17H2,1-4H3/q+1/i17D2. The van der Waals surface area contributed by atoms with Crippen molar-refractivity contribution >= 4 is 21.9 Å². The minimum Gasteiger partial charge on any atom is -0.455 e. The fourth-order valence-corrected chi connectivity index (χ4v) is 4.30. The number of benzene rings is 3. The Hall–Kier alpha value is -3.39. The van der Waals surface area contributed by atoms with Gasteiger partial charge in [0.1, 0.15) is 18.2 Å². The topological polar surface area (TPSA) is 17.0 Å². The molecule has 0 unspecified atom stereocenters. The summed E-state index contributed by atoms with van der Waals surface area (Å²) in [6.45, 7) is 5.95. The van der Waals surface area contributed by atoms with Crippen molar-refractivity contribution in [3.63, 3.8) is 0 Å². The van der Waals surface area contributed by atoms with Crippen LogP contribution in [0, 0.1) is 12.8 Å². The van der Waals surface area contributed by atoms with Crippen LogP contribution >= 0.6 is 0 Å². The Bertz CT molecular complexity index is 1480. The molecule has 0 saturated heterocycles. The maximum atomic E-state index is 8.37. The van der Waals surface area contributed by atoms with Gasteiger partial charge in [0.15, 0.2) is 6.20 Å². The van der Waals surface area contributed by atoms with E-state index in [1.165, 1.54) is 0 Å². The molecule has 5 rings (SSSR count). The first-order valence-electron chi connectivity index (χ1n) is 11.8. The smallest absolute Gasteiger partial charge is 0.216 e. The Balaban J connectivity index is 1.65. The molecule has 0 radical (unpaired) electrons. The first-order valence-corrected chi connectivity index (χ1v) is 10.8. The number of fused-ring (bicyclic) bond motifs is 3. The minimum atomic E-state index is -1.35. The molecule has 0 N–H and O–H groups in total. The molecule has 2 nitrogen and oxygen atoms in total. The van der Waals surface area contributed by atoms with E-state index in [0.29, 0.717) is 5.56 Å². The molecule has 2 heterocycles. The van der Waals surface area contributed by atoms with Gasteiger partial charge < -0.3 is 4.42 Å². The van der Waals surface area contributed by atoms with Gasteiger partial charge in [0, 0.05) is 25.6 Å². The summed E-state index contributed by atoms with van der Waals surface area (Å²) in [4.78, 5) is 0. The monoisotopic (exact) mass is 408 g/mol. The summed E-state index contributed by atoms with van der Waals surface area (Å²) in [6.07, 6.45) is 0.730. The van der Waals surface area contributed by atoms with Crippen molar-refractivity contribution in [2.75, 3.05) is 0 Å². The molecule has 0 aliphatic rings. The highest BCUT2D eigenvalue weighted by molar-refractivity contribution is 6.09. The van der Waals surface area contributed by atoms with E-state index in [1.54, 1.807) is 0 Å². The molecule has 2 aromatic heterocycles. The summed E-state index contributed by atoms with van der Waals surface area (Å²) in [5, 5.41) is 2.25. The van der Waals surface area contributed by atoms with E-state index >= 15 is 0 Å². The first-order chi connectivity index (χ1) is 15.8. The lowest BCUT2D eigenvalue weighted by atomic mass is 9.96. The molecule has 0 aliphatic carbocycles. The molecule has 31 heavy (non-hydrogen) atoms. The maximum absolute atomic E-state index is 8.37. The van der Waals surface area contributed by atoms with E-state index in [9.17, 15) is 0 Å². The zero-order valence-corrected chi connectivity index (χ0v) is 18.4. The Labute approximate surface area is 186 Å². The summed E-state index contributed by atoms with van der Waals surface area (Å²) in [5.41, 5.74) is 8.01. The van der Waals surface area contributed by atoms with Crippen molar-refractivity contribution in [1.82, 2.24) is 0 Å². The van der Waals surface area contributed by atoms with Crippen molar-refractivity contribution in [2.45, 2.75) is 27.1 Å². The molecule has 5 aromatic rings. The van der Waals surface area contributed by atoms with Gasteiger partial charge in [0.25, 0.3) is 0 Å². The number of hydrogen-bond donors (Lipinski definition) is 0. The van der Waals surface area contributed by atoms with Gasteiger partial charge in [-0.25, -0.2) is 4.57 Å². The van der Waals surface area contributed by atoms with Crippen molar-refractivity contribution in [3.05, 3.63) is 90.1 Å². The number of aromatic nitrogens is 1. The number of rotatable bonds is 4. The Morgan fingerprint density at radius 3 is 2.45 bits per heavy atom. The van der Waals surface area contributed by atoms with Crippen molar-refractivity contribution in [2.24, 2.45) is 13.0 Å². The number of nitrogens with zero attached hydrogens (tertiary/aromatic N) is 1. The van der Waals surface area contributed by atoms with E-state index < -0.39 is 6.37 Å². The number of para-hydroxylation sites is 1. The second-order valence-corrected chi connectivity index (χ2v) is 8.52. The van der Waals surface area contributed by atoms with Crippen LogP contribution < -0.4 is 4.57 Å². The van der Waals surface area contributed by atoms with Gasteiger partial charge in [-0.2, -0.15) is 0 Å². The van der Waals surface area contributed by atoms with Gasteiger partial charge >= 0.3 is 0 Å². The van der Waals surface area contributed by atoms with E-state index in [0.717, 1.165) is 49.9 Å². The van der Waals surface area contributed by atoms with Crippen molar-refractivity contribution in [1.29, 1.82) is 0 Å². The van der Waals surface area contributed by atoms with Crippen LogP contribution in [-0.2, 0) is 13.4 Å². The summed E-state index contributed by atoms with van der Waals surface area (Å²) in [6, 6.07) is 24.6. The molecular weight excluding hydrogens is 378 g/mol. The second-order valence-electron chi connectivity index (χ2n) is 8.52. The lowest BCUT2D eigenvalue weighted by Crippen LogP contribution is -2.30. The predicted octanol–water partition coefficient (Wildman–Crippen LogP) is 7.25. The highest BCUT2D eigenvalue weighted by atomic mass is 16.3. The van der Waals surface area contributed by atoms with Crippen LogP contribution in [0.15, 0.2) is 83.4 Å². The van der Waals surface area contributed by atoms with Crippen LogP contribution in [0.3, 0.4) is 0 Å². The quantitative estimate of drug-likeness (QED) is 0.286. The van der Waals surface area contributed by atoms with Crippen LogP contribution in [0.5, 0.6) is 0 Å². The van der Waals surface area contributed by atoms with Gasteiger partial charge in [0.05, 0.1) is 5.56 Å². The van der Waals surface area contributed by atoms with Gasteiger partial charge in [-0.1, -0.05) is 68.4 Å². The molecule has 0 spiro atoms. The van der Waals surface area contributed by atoms with Crippen LogP contribution in [0.25, 0.3) is 44.3 Å². The zero-order chi connectivity index (χ0) is 23.3. The molecule has 3 aromatic carbocycles. The summed E-state index contributed by atoms with van der Waals surface area (Å²) >= 11 is 0. The van der Waals surface area contributed by atoms with Gasteiger partial charge in [-0.3, -0.25) is 0 Å². The van der Waals surface area contributed by atoms with E-state index in [2.05, 4.69) is 55.1 Å². The first kappa shape index (κ1) is 17.3. The fraction of sp³-hybridized carbons (Fsp3) is 0.207. The molecule has 2 heteroatoms. The largest absolute Gasteiger partial charge is 0.455 e. The van der Waals surface area contributed by atoms with E-state index in [-0.39, 0.29) is 5.92 Å². The summed E-state index contributed by atoms with van der Waals surface area (Å²) < 4.78 is 25.2. The highest BCUT2D eigenvalue weighted by Gasteiger charge is 2.21. The van der Waals surface area contributed by atoms with E-state index in [1.807, 2.05) is 56.3 Å². The Kier molecular flexibility index (Phi) is 4.30. The number of aryl methyl sites for hydroxylation is 2. The summed E-state index contributed by atoms with van der Waals surface area (Å²) in [7, 11) is 2.06. The highest BCUT2D eigenvalue weighted by Crippen LogP contribution is 2.37. The number of hydrogen-bond acceptors (Lipinski definition) is 1. The van der Waals surface area contributed by atoms with Crippen LogP contribution in [0.2, 0.25) is 0 Å². The Morgan fingerprint density at radius 1 is 0.903 bits per heavy atom. The molecular formula is C29H28NO+. The average Bonchev–Trinajstić information content (AvgIpc) is 3.18. The van der Waals surface area contributed by atoms with E-state index in [4.69, 9.17) is 7.16 Å². The molecule has 0 fully saturated rings. The predicted molar refractivity (Wildman–Crippen MR) is 129 cm³/mol. The molecule has 0 saturated carbocycles. The third-order valence-electron chi connectivity index (χ3n) is 5.83. The average molecular weight is 409 g/mol. The SMILES string of the molecule is [2H]C([2H])(c1ccc(-c2cc[n+](C)c(-c3c(C)ccc4c3oc3ccccc34)c2)cc1)C(C)C. The van der Waals surface area contributed by atoms with Crippen LogP contribution in [0.1, 0.15) is 27.7 Å².